The lowest BCUT2D eigenvalue weighted by Crippen LogP contribution is -2.56. The molecule has 1 aromatic carbocycles. The van der Waals surface area contributed by atoms with Gasteiger partial charge in [0, 0.05) is 31.2 Å². The Morgan fingerprint density at radius 1 is 1.19 bits per heavy atom. The number of imidazole rings is 1. The molecule has 0 saturated carbocycles. The van der Waals surface area contributed by atoms with Gasteiger partial charge >= 0.3 is 0 Å². The Hall–Kier alpha value is -2.49. The molecule has 196 valence electrons. The Balaban J connectivity index is 1.70. The summed E-state index contributed by atoms with van der Waals surface area (Å²) >= 11 is 6.16. The minimum atomic E-state index is -0.785. The number of aromatic nitrogens is 2. The summed E-state index contributed by atoms with van der Waals surface area (Å²) in [5.41, 5.74) is 0.554. The molecule has 2 aliphatic heterocycles. The highest BCUT2D eigenvalue weighted by atomic mass is 35.5. The number of carbonyl (C=O) groups is 2. The molecule has 2 amide bonds. The second-order valence-electron chi connectivity index (χ2n) is 10.9. The second-order valence-corrected chi connectivity index (χ2v) is 11.4. The van der Waals surface area contributed by atoms with Gasteiger partial charge in [0.05, 0.1) is 17.4 Å². The molecule has 36 heavy (non-hydrogen) atoms. The first-order valence-electron chi connectivity index (χ1n) is 12.5. The van der Waals surface area contributed by atoms with Gasteiger partial charge in [-0.2, -0.15) is 0 Å². The molecule has 1 saturated heterocycles. The maximum atomic E-state index is 14.8. The van der Waals surface area contributed by atoms with Crippen molar-refractivity contribution in [1.82, 2.24) is 24.7 Å². The van der Waals surface area contributed by atoms with E-state index in [4.69, 9.17) is 11.6 Å². The molecule has 1 fully saturated rings. The molecule has 2 N–H and O–H groups in total. The second kappa shape index (κ2) is 10.5. The van der Waals surface area contributed by atoms with Gasteiger partial charge in [-0.25, -0.2) is 9.37 Å². The molecule has 0 unspecified atom stereocenters. The number of nitrogens with zero attached hydrogens (tertiary/aromatic N) is 4. The summed E-state index contributed by atoms with van der Waals surface area (Å²) < 4.78 is 16.7. The van der Waals surface area contributed by atoms with Crippen LogP contribution in [0.3, 0.4) is 0 Å². The minimum Gasteiger partial charge on any atom is -0.393 e. The first-order chi connectivity index (χ1) is 17.0. The summed E-state index contributed by atoms with van der Waals surface area (Å²) in [6.45, 7) is 8.49. The number of halogens is 2. The summed E-state index contributed by atoms with van der Waals surface area (Å²) in [5.74, 6) is -0.750. The molecule has 0 bridgehead atoms. The molecule has 0 aliphatic carbocycles. The van der Waals surface area contributed by atoms with E-state index >= 15 is 0 Å². The molecule has 8 nitrogen and oxygen atoms in total. The molecule has 3 heterocycles. The smallest absolute Gasteiger partial charge is 0.272 e. The lowest BCUT2D eigenvalue weighted by atomic mass is 9.85. The SMILES string of the molecule is CN1CCCn2c(-c3cc(Cl)ccc3F)nc(C(=O)N[C@H](C(=O)N3CCC(O)CC3)C(C)(C)C)c2C1. The fourth-order valence-corrected chi connectivity index (χ4v) is 5.07. The van der Waals surface area contributed by atoms with Crippen LogP contribution in [0.1, 0.15) is 56.2 Å². The number of aliphatic hydroxyl groups is 1. The van der Waals surface area contributed by atoms with E-state index in [1.165, 1.54) is 18.2 Å². The first-order valence-corrected chi connectivity index (χ1v) is 12.8. The van der Waals surface area contributed by atoms with Gasteiger partial charge in [0.2, 0.25) is 5.91 Å². The summed E-state index contributed by atoms with van der Waals surface area (Å²) in [5, 5.41) is 13.2. The van der Waals surface area contributed by atoms with Crippen LogP contribution in [0.4, 0.5) is 4.39 Å². The van der Waals surface area contributed by atoms with Gasteiger partial charge in [-0.1, -0.05) is 32.4 Å². The van der Waals surface area contributed by atoms with Crippen LogP contribution >= 0.6 is 11.6 Å². The molecule has 4 rings (SSSR count). The number of amides is 2. The van der Waals surface area contributed by atoms with Crippen molar-refractivity contribution in [2.75, 3.05) is 26.7 Å². The summed E-state index contributed by atoms with van der Waals surface area (Å²) in [6.07, 6.45) is 1.46. The Kier molecular flexibility index (Phi) is 7.73. The number of piperidine rings is 1. The predicted octanol–water partition coefficient (Wildman–Crippen LogP) is 3.31. The zero-order valence-corrected chi connectivity index (χ0v) is 22.1. The van der Waals surface area contributed by atoms with Crippen molar-refractivity contribution >= 4 is 23.4 Å². The number of aliphatic hydroxyl groups excluding tert-OH is 1. The summed E-state index contributed by atoms with van der Waals surface area (Å²) in [6, 6.07) is 3.51. The minimum absolute atomic E-state index is 0.175. The van der Waals surface area contributed by atoms with Crippen LogP contribution in [0.2, 0.25) is 5.02 Å². The van der Waals surface area contributed by atoms with Crippen LogP contribution in [-0.2, 0) is 17.9 Å². The van der Waals surface area contributed by atoms with Crippen LogP contribution in [-0.4, -0.2) is 75.1 Å². The average molecular weight is 520 g/mol. The van der Waals surface area contributed by atoms with Crippen molar-refractivity contribution in [2.45, 2.75) is 65.3 Å². The average Bonchev–Trinajstić information content (AvgIpc) is 3.04. The maximum absolute atomic E-state index is 14.8. The number of benzene rings is 1. The van der Waals surface area contributed by atoms with Crippen LogP contribution in [0, 0.1) is 11.2 Å². The number of hydrogen-bond donors (Lipinski definition) is 2. The van der Waals surface area contributed by atoms with Crippen molar-refractivity contribution in [3.05, 3.63) is 40.4 Å². The van der Waals surface area contributed by atoms with Gasteiger partial charge in [0.25, 0.3) is 5.91 Å². The Bertz CT molecular complexity index is 1140. The molecule has 0 spiro atoms. The molecular weight excluding hydrogens is 485 g/mol. The highest BCUT2D eigenvalue weighted by Gasteiger charge is 2.38. The number of fused-ring (bicyclic) bond motifs is 1. The number of likely N-dealkylation sites (tertiary alicyclic amines) is 1. The fourth-order valence-electron chi connectivity index (χ4n) is 4.89. The highest BCUT2D eigenvalue weighted by molar-refractivity contribution is 6.30. The standard InChI is InChI=1S/C26H35ClFN5O3/c1-26(2,3)22(25(36)32-12-8-17(34)9-13-32)30-24(35)21-20-15-31(4)10-5-11-33(20)23(29-21)18-14-16(27)6-7-19(18)28/h6-7,14,17,22,34H,5,8-13,15H2,1-4H3,(H,30,35)/t22-/m1/s1. The monoisotopic (exact) mass is 519 g/mol. The van der Waals surface area contributed by atoms with Gasteiger partial charge in [0.1, 0.15) is 17.7 Å². The van der Waals surface area contributed by atoms with E-state index in [1.807, 2.05) is 32.4 Å². The molecule has 2 aliphatic rings. The van der Waals surface area contributed by atoms with Crippen LogP contribution < -0.4 is 5.32 Å². The lowest BCUT2D eigenvalue weighted by molar-refractivity contribution is -0.137. The number of rotatable bonds is 4. The van der Waals surface area contributed by atoms with Gasteiger partial charge in [-0.05, 0) is 56.5 Å². The van der Waals surface area contributed by atoms with E-state index in [0.717, 1.165) is 13.0 Å². The molecular formula is C26H35ClFN5O3. The van der Waals surface area contributed by atoms with Crippen molar-refractivity contribution in [2.24, 2.45) is 5.41 Å². The van der Waals surface area contributed by atoms with Crippen molar-refractivity contribution in [3.63, 3.8) is 0 Å². The quantitative estimate of drug-likeness (QED) is 0.647. The first kappa shape index (κ1) is 26.6. The number of hydrogen-bond acceptors (Lipinski definition) is 5. The van der Waals surface area contributed by atoms with E-state index in [1.54, 1.807) is 4.90 Å². The van der Waals surface area contributed by atoms with E-state index in [0.29, 0.717) is 55.6 Å². The van der Waals surface area contributed by atoms with Crippen molar-refractivity contribution in [3.8, 4) is 11.4 Å². The molecule has 0 radical (unpaired) electrons. The van der Waals surface area contributed by atoms with Crippen molar-refractivity contribution < 1.29 is 19.1 Å². The molecule has 1 aromatic heterocycles. The van der Waals surface area contributed by atoms with Gasteiger partial charge < -0.3 is 24.8 Å². The van der Waals surface area contributed by atoms with Gasteiger partial charge in [-0.3, -0.25) is 9.59 Å². The van der Waals surface area contributed by atoms with Crippen LogP contribution in [0.5, 0.6) is 0 Å². The summed E-state index contributed by atoms with van der Waals surface area (Å²) in [7, 11) is 1.97. The largest absolute Gasteiger partial charge is 0.393 e. The Morgan fingerprint density at radius 2 is 1.89 bits per heavy atom. The third-order valence-corrected chi connectivity index (χ3v) is 7.20. The number of carbonyl (C=O) groups excluding carboxylic acids is 2. The van der Waals surface area contributed by atoms with Crippen molar-refractivity contribution in [1.29, 1.82) is 0 Å². The third-order valence-electron chi connectivity index (χ3n) is 6.96. The topological polar surface area (TPSA) is 90.7 Å². The van der Waals surface area contributed by atoms with E-state index < -0.39 is 29.3 Å². The highest BCUT2D eigenvalue weighted by Crippen LogP contribution is 2.30. The normalized spacial score (nSPS) is 18.5. The Morgan fingerprint density at radius 3 is 2.56 bits per heavy atom. The zero-order chi connectivity index (χ0) is 26.2. The summed E-state index contributed by atoms with van der Waals surface area (Å²) in [4.78, 5) is 35.6. The molecule has 10 heteroatoms. The van der Waals surface area contributed by atoms with E-state index in [2.05, 4.69) is 15.2 Å². The predicted molar refractivity (Wildman–Crippen MR) is 136 cm³/mol. The number of nitrogens with one attached hydrogen (secondary N) is 1. The third kappa shape index (κ3) is 5.58. The van der Waals surface area contributed by atoms with E-state index in [-0.39, 0.29) is 17.2 Å². The molecule has 1 atom stereocenters. The lowest BCUT2D eigenvalue weighted by Gasteiger charge is -2.37. The fraction of sp³-hybridized carbons (Fsp3) is 0.577. The van der Waals surface area contributed by atoms with Gasteiger partial charge in [-0.15, -0.1) is 0 Å². The molecule has 2 aromatic rings. The van der Waals surface area contributed by atoms with Crippen LogP contribution in [0.15, 0.2) is 18.2 Å². The van der Waals surface area contributed by atoms with Crippen LogP contribution in [0.25, 0.3) is 11.4 Å². The Labute approximate surface area is 216 Å². The van der Waals surface area contributed by atoms with Gasteiger partial charge in [0.15, 0.2) is 5.69 Å². The maximum Gasteiger partial charge on any atom is 0.272 e. The zero-order valence-electron chi connectivity index (χ0n) is 21.4. The van der Waals surface area contributed by atoms with E-state index in [9.17, 15) is 19.1 Å².